The van der Waals surface area contributed by atoms with Gasteiger partial charge in [-0.05, 0) is 11.1 Å². The van der Waals surface area contributed by atoms with Crippen molar-refractivity contribution in [3.05, 3.63) is 11.1 Å². The van der Waals surface area contributed by atoms with Gasteiger partial charge in [0.2, 0.25) is 0 Å². The van der Waals surface area contributed by atoms with E-state index >= 15 is 0 Å². The topological polar surface area (TPSA) is 0 Å². The summed E-state index contributed by atoms with van der Waals surface area (Å²) in [5, 5.41) is 0. The van der Waals surface area contributed by atoms with Crippen LogP contribution in [0.1, 0.15) is 0 Å². The quantitative estimate of drug-likeness (QED) is 0.505. The Kier molecular flexibility index (Phi) is 7.19. The van der Waals surface area contributed by atoms with Crippen LogP contribution in [-0.2, 0) is 0 Å². The van der Waals surface area contributed by atoms with Gasteiger partial charge in [-0.15, -0.1) is 46.4 Å². The van der Waals surface area contributed by atoms with Crippen LogP contribution < -0.4 is 0 Å². The number of alkyl halides is 4. The van der Waals surface area contributed by atoms with Crippen molar-refractivity contribution in [1.82, 2.24) is 0 Å². The molecule has 0 aliphatic carbocycles. The lowest BCUT2D eigenvalue weighted by molar-refractivity contribution is 1.25. The van der Waals surface area contributed by atoms with E-state index in [4.69, 9.17) is 46.4 Å². The van der Waals surface area contributed by atoms with Gasteiger partial charge in [0, 0.05) is 23.5 Å². The molecule has 60 valence electrons. The third kappa shape index (κ3) is 3.34. The maximum absolute atomic E-state index is 5.56. The molecular formula is C6H8Cl4. The Morgan fingerprint density at radius 2 is 0.800 bits per heavy atom. The minimum Gasteiger partial charge on any atom is -0.122 e. The molecule has 0 aliphatic rings. The summed E-state index contributed by atoms with van der Waals surface area (Å²) in [6, 6.07) is 0. The fourth-order valence-electron chi connectivity index (χ4n) is 0.449. The van der Waals surface area contributed by atoms with Gasteiger partial charge >= 0.3 is 0 Å². The van der Waals surface area contributed by atoms with Crippen molar-refractivity contribution in [2.24, 2.45) is 0 Å². The van der Waals surface area contributed by atoms with E-state index in [1.807, 2.05) is 0 Å². The molecule has 0 fully saturated rings. The van der Waals surface area contributed by atoms with Gasteiger partial charge in [-0.25, -0.2) is 0 Å². The molecule has 0 unspecified atom stereocenters. The van der Waals surface area contributed by atoms with Crippen molar-refractivity contribution in [3.63, 3.8) is 0 Å². The molecule has 0 heterocycles. The molecule has 0 saturated carbocycles. The Labute approximate surface area is 81.1 Å². The lowest BCUT2D eigenvalue weighted by atomic mass is 10.2. The van der Waals surface area contributed by atoms with E-state index in [0.717, 1.165) is 11.1 Å². The van der Waals surface area contributed by atoms with Gasteiger partial charge in [0.15, 0.2) is 0 Å². The third-order valence-corrected chi connectivity index (χ3v) is 2.44. The first-order valence-electron chi connectivity index (χ1n) is 2.73. The molecule has 0 spiro atoms. The van der Waals surface area contributed by atoms with Crippen LogP contribution in [0.25, 0.3) is 0 Å². The smallest absolute Gasteiger partial charge is 0.0448 e. The second kappa shape index (κ2) is 6.60. The molecule has 0 aromatic carbocycles. The summed E-state index contributed by atoms with van der Waals surface area (Å²) in [4.78, 5) is 0. The van der Waals surface area contributed by atoms with Crippen LogP contribution in [0.15, 0.2) is 11.1 Å². The van der Waals surface area contributed by atoms with E-state index in [2.05, 4.69) is 0 Å². The lowest BCUT2D eigenvalue weighted by Gasteiger charge is -2.03. The fraction of sp³-hybridized carbons (Fsp3) is 0.667. The Bertz CT molecular complexity index is 92.9. The molecule has 0 N–H and O–H groups in total. The first-order valence-corrected chi connectivity index (χ1v) is 4.87. The molecule has 0 atom stereocenters. The molecule has 0 amide bonds. The Morgan fingerprint density at radius 1 is 0.600 bits per heavy atom. The number of hydrogen-bond donors (Lipinski definition) is 0. The predicted octanol–water partition coefficient (Wildman–Crippen LogP) is 3.24. The second-order valence-electron chi connectivity index (χ2n) is 1.74. The van der Waals surface area contributed by atoms with Crippen molar-refractivity contribution >= 4 is 46.4 Å². The van der Waals surface area contributed by atoms with Gasteiger partial charge in [0.05, 0.1) is 0 Å². The highest BCUT2D eigenvalue weighted by Gasteiger charge is 2.01. The summed E-state index contributed by atoms with van der Waals surface area (Å²) in [5.41, 5.74) is 1.88. The first kappa shape index (κ1) is 10.9. The Balaban J connectivity index is 4.20. The monoisotopic (exact) mass is 220 g/mol. The van der Waals surface area contributed by atoms with E-state index in [9.17, 15) is 0 Å². The number of allylic oxidation sites excluding steroid dienone is 2. The normalized spacial score (nSPS) is 9.60. The molecular weight excluding hydrogens is 214 g/mol. The maximum Gasteiger partial charge on any atom is 0.0448 e. The largest absolute Gasteiger partial charge is 0.122 e. The Morgan fingerprint density at radius 3 is 0.900 bits per heavy atom. The summed E-state index contributed by atoms with van der Waals surface area (Å²) in [6.07, 6.45) is 0. The van der Waals surface area contributed by atoms with Crippen LogP contribution in [0, 0.1) is 0 Å². The maximum atomic E-state index is 5.56. The van der Waals surface area contributed by atoms with Gasteiger partial charge in [-0.3, -0.25) is 0 Å². The molecule has 0 radical (unpaired) electrons. The number of halogens is 4. The van der Waals surface area contributed by atoms with Crippen LogP contribution in [-0.4, -0.2) is 23.5 Å². The summed E-state index contributed by atoms with van der Waals surface area (Å²) in [6.45, 7) is 0. The van der Waals surface area contributed by atoms with Crippen LogP contribution in [0.3, 0.4) is 0 Å². The average Bonchev–Trinajstić information content (AvgIpc) is 2.00. The highest BCUT2D eigenvalue weighted by molar-refractivity contribution is 6.26. The lowest BCUT2D eigenvalue weighted by Crippen LogP contribution is -1.98. The van der Waals surface area contributed by atoms with Crippen molar-refractivity contribution in [1.29, 1.82) is 0 Å². The minimum atomic E-state index is 0.415. The standard InChI is InChI=1S/C6H8Cl4/c7-1-5(2-8)6(3-9)4-10/h1-4H2. The van der Waals surface area contributed by atoms with Crippen molar-refractivity contribution in [2.75, 3.05) is 23.5 Å². The molecule has 0 aromatic heterocycles. The van der Waals surface area contributed by atoms with Crippen molar-refractivity contribution in [2.45, 2.75) is 0 Å². The van der Waals surface area contributed by atoms with Gasteiger partial charge in [0.25, 0.3) is 0 Å². The predicted molar refractivity (Wildman–Crippen MR) is 49.9 cm³/mol. The summed E-state index contributed by atoms with van der Waals surface area (Å²) in [5.74, 6) is 1.66. The molecule has 0 saturated heterocycles. The van der Waals surface area contributed by atoms with Crippen LogP contribution in [0.5, 0.6) is 0 Å². The molecule has 0 rings (SSSR count). The SMILES string of the molecule is ClCC(CCl)=C(CCl)CCl. The van der Waals surface area contributed by atoms with E-state index in [0.29, 0.717) is 23.5 Å². The van der Waals surface area contributed by atoms with E-state index in [1.165, 1.54) is 0 Å². The zero-order valence-corrected chi connectivity index (χ0v) is 8.36. The molecule has 0 bridgehead atoms. The van der Waals surface area contributed by atoms with E-state index in [1.54, 1.807) is 0 Å². The Hall–Kier alpha value is 0.900. The molecule has 4 heteroatoms. The van der Waals surface area contributed by atoms with Gasteiger partial charge in [0.1, 0.15) is 0 Å². The highest BCUT2D eigenvalue weighted by atomic mass is 35.5. The number of rotatable bonds is 4. The van der Waals surface area contributed by atoms with E-state index in [-0.39, 0.29) is 0 Å². The fourth-order valence-corrected chi connectivity index (χ4v) is 1.78. The van der Waals surface area contributed by atoms with Gasteiger partial charge in [-0.2, -0.15) is 0 Å². The molecule has 0 nitrogen and oxygen atoms in total. The van der Waals surface area contributed by atoms with Crippen LogP contribution in [0.4, 0.5) is 0 Å². The summed E-state index contributed by atoms with van der Waals surface area (Å²) >= 11 is 22.2. The molecule has 10 heavy (non-hydrogen) atoms. The van der Waals surface area contributed by atoms with Gasteiger partial charge < -0.3 is 0 Å². The van der Waals surface area contributed by atoms with Crippen LogP contribution in [0.2, 0.25) is 0 Å². The highest BCUT2D eigenvalue weighted by Crippen LogP contribution is 2.11. The zero-order valence-electron chi connectivity index (χ0n) is 5.34. The summed E-state index contributed by atoms with van der Waals surface area (Å²) in [7, 11) is 0. The third-order valence-electron chi connectivity index (χ3n) is 1.15. The minimum absolute atomic E-state index is 0.415. The molecule has 0 aliphatic heterocycles. The second-order valence-corrected chi connectivity index (χ2v) is 2.81. The van der Waals surface area contributed by atoms with Crippen LogP contribution >= 0.6 is 46.4 Å². The van der Waals surface area contributed by atoms with Crippen molar-refractivity contribution < 1.29 is 0 Å². The average molecular weight is 222 g/mol. The zero-order chi connectivity index (χ0) is 7.98. The number of hydrogen-bond acceptors (Lipinski definition) is 0. The first-order chi connectivity index (χ1) is 4.79. The van der Waals surface area contributed by atoms with Crippen molar-refractivity contribution in [3.8, 4) is 0 Å². The van der Waals surface area contributed by atoms with E-state index < -0.39 is 0 Å². The summed E-state index contributed by atoms with van der Waals surface area (Å²) < 4.78 is 0. The van der Waals surface area contributed by atoms with Gasteiger partial charge in [-0.1, -0.05) is 0 Å². The molecule has 0 aromatic rings.